The third kappa shape index (κ3) is 2.13. The minimum Gasteiger partial charge on any atom is -0.394 e. The first kappa shape index (κ1) is 8.93. The lowest BCUT2D eigenvalue weighted by atomic mass is 10.2. The Bertz CT molecular complexity index is 117. The van der Waals surface area contributed by atoms with Crippen LogP contribution in [0.3, 0.4) is 0 Å². The molecule has 0 aliphatic carbocycles. The summed E-state index contributed by atoms with van der Waals surface area (Å²) in [6.07, 6.45) is -0.936. The summed E-state index contributed by atoms with van der Waals surface area (Å²) in [6.45, 7) is 2.28. The molecule has 1 unspecified atom stereocenters. The summed E-state index contributed by atoms with van der Waals surface area (Å²) in [4.78, 5) is 0. The lowest BCUT2D eigenvalue weighted by Gasteiger charge is -2.10. The smallest absolute Gasteiger partial charge is 0.160 e. The largest absolute Gasteiger partial charge is 0.394 e. The van der Waals surface area contributed by atoms with Crippen LogP contribution >= 0.6 is 0 Å². The topological polar surface area (TPSA) is 58.9 Å². The zero-order valence-corrected chi connectivity index (χ0v) is 6.56. The molecule has 3 atom stereocenters. The van der Waals surface area contributed by atoms with Crippen LogP contribution in [0.15, 0.2) is 0 Å². The summed E-state index contributed by atoms with van der Waals surface area (Å²) in [5, 5.41) is 17.9. The van der Waals surface area contributed by atoms with Crippen LogP contribution in [0.25, 0.3) is 0 Å². The minimum absolute atomic E-state index is 0.148. The number of rotatable bonds is 3. The van der Waals surface area contributed by atoms with Gasteiger partial charge in [-0.2, -0.15) is 0 Å². The van der Waals surface area contributed by atoms with Gasteiger partial charge >= 0.3 is 0 Å². The van der Waals surface area contributed by atoms with Gasteiger partial charge in [0.05, 0.1) is 12.7 Å². The van der Waals surface area contributed by atoms with Crippen LogP contribution in [0.5, 0.6) is 0 Å². The summed E-state index contributed by atoms with van der Waals surface area (Å²) >= 11 is 0. The van der Waals surface area contributed by atoms with Gasteiger partial charge in [-0.3, -0.25) is 0 Å². The highest BCUT2D eigenvalue weighted by Crippen LogP contribution is 2.20. The Morgan fingerprint density at radius 3 is 2.82 bits per heavy atom. The van der Waals surface area contributed by atoms with Crippen molar-refractivity contribution in [1.29, 1.82) is 0 Å². The van der Waals surface area contributed by atoms with Gasteiger partial charge in [0, 0.05) is 13.0 Å². The minimum atomic E-state index is -0.587. The predicted molar refractivity (Wildman–Crippen MR) is 38.0 cm³/mol. The van der Waals surface area contributed by atoms with Crippen molar-refractivity contribution in [3.63, 3.8) is 0 Å². The molecule has 11 heavy (non-hydrogen) atoms. The van der Waals surface area contributed by atoms with E-state index in [0.29, 0.717) is 13.0 Å². The molecule has 0 radical (unpaired) electrons. The van der Waals surface area contributed by atoms with Gasteiger partial charge in [-0.15, -0.1) is 0 Å². The van der Waals surface area contributed by atoms with E-state index < -0.39 is 12.2 Å². The van der Waals surface area contributed by atoms with Crippen molar-refractivity contribution in [3.05, 3.63) is 0 Å². The Hall–Kier alpha value is -0.160. The van der Waals surface area contributed by atoms with Crippen molar-refractivity contribution in [2.24, 2.45) is 0 Å². The van der Waals surface area contributed by atoms with Gasteiger partial charge in [-0.05, 0) is 6.92 Å². The number of aliphatic hydroxyl groups excluding tert-OH is 2. The molecule has 4 heteroatoms. The fraction of sp³-hybridized carbons (Fsp3) is 1.00. The molecule has 0 amide bonds. The third-order valence-corrected chi connectivity index (χ3v) is 1.72. The second-order valence-electron chi connectivity index (χ2n) is 2.55. The summed E-state index contributed by atoms with van der Waals surface area (Å²) in [6, 6.07) is 0. The maximum Gasteiger partial charge on any atom is 0.160 e. The van der Waals surface area contributed by atoms with Gasteiger partial charge in [-0.25, -0.2) is 0 Å². The van der Waals surface area contributed by atoms with E-state index in [4.69, 9.17) is 14.6 Å². The quantitative estimate of drug-likeness (QED) is 0.587. The maximum atomic E-state index is 9.22. The van der Waals surface area contributed by atoms with Gasteiger partial charge in [0.2, 0.25) is 0 Å². The zero-order valence-electron chi connectivity index (χ0n) is 6.56. The van der Waals surface area contributed by atoms with Crippen LogP contribution in [-0.4, -0.2) is 41.9 Å². The van der Waals surface area contributed by atoms with Gasteiger partial charge in [0.25, 0.3) is 0 Å². The Kier molecular flexibility index (Phi) is 3.26. The fourth-order valence-electron chi connectivity index (χ4n) is 1.15. The molecule has 1 aliphatic heterocycles. The van der Waals surface area contributed by atoms with Crippen molar-refractivity contribution in [1.82, 2.24) is 0 Å². The summed E-state index contributed by atoms with van der Waals surface area (Å²) < 4.78 is 10.3. The van der Waals surface area contributed by atoms with Crippen molar-refractivity contribution in [3.8, 4) is 0 Å². The van der Waals surface area contributed by atoms with E-state index >= 15 is 0 Å². The zero-order chi connectivity index (χ0) is 8.27. The highest BCUT2D eigenvalue weighted by atomic mass is 16.7. The maximum absolute atomic E-state index is 9.22. The number of hydrogen-bond donors (Lipinski definition) is 2. The second kappa shape index (κ2) is 4.01. The first-order valence-corrected chi connectivity index (χ1v) is 3.84. The van der Waals surface area contributed by atoms with Crippen LogP contribution in [0.1, 0.15) is 13.3 Å². The van der Waals surface area contributed by atoms with Gasteiger partial charge in [-0.1, -0.05) is 0 Å². The molecule has 0 aromatic rings. The molecule has 2 N–H and O–H groups in total. The van der Waals surface area contributed by atoms with E-state index in [-0.39, 0.29) is 12.9 Å². The predicted octanol–water partition coefficient (Wildman–Crippen LogP) is -0.509. The standard InChI is InChI=1S/C7H14O4/c1-2-10-7-3-5(9)6(4-8)11-7/h5-9H,2-4H2,1H3/t5-,6+,7?/m1/s1. The monoisotopic (exact) mass is 162 g/mol. The molecular formula is C7H14O4. The van der Waals surface area contributed by atoms with E-state index in [9.17, 15) is 5.11 Å². The van der Waals surface area contributed by atoms with Gasteiger partial charge in [0.1, 0.15) is 6.10 Å². The molecule has 4 nitrogen and oxygen atoms in total. The van der Waals surface area contributed by atoms with E-state index in [2.05, 4.69) is 0 Å². The Morgan fingerprint density at radius 1 is 1.64 bits per heavy atom. The molecule has 0 aromatic carbocycles. The Balaban J connectivity index is 2.30. The average Bonchev–Trinajstić information content (AvgIpc) is 2.32. The molecule has 1 fully saturated rings. The SMILES string of the molecule is CCOC1C[C@@H](O)[C@H](CO)O1. The van der Waals surface area contributed by atoms with Crippen LogP contribution in [0, 0.1) is 0 Å². The lowest BCUT2D eigenvalue weighted by molar-refractivity contribution is -0.140. The fourth-order valence-corrected chi connectivity index (χ4v) is 1.15. The molecule has 0 bridgehead atoms. The number of ether oxygens (including phenoxy) is 2. The van der Waals surface area contributed by atoms with Crippen molar-refractivity contribution in [2.45, 2.75) is 31.8 Å². The van der Waals surface area contributed by atoms with E-state index in [1.807, 2.05) is 6.92 Å². The molecule has 1 rings (SSSR count). The molecule has 0 spiro atoms. The van der Waals surface area contributed by atoms with Crippen molar-refractivity contribution < 1.29 is 19.7 Å². The van der Waals surface area contributed by atoms with E-state index in [0.717, 1.165) is 0 Å². The van der Waals surface area contributed by atoms with Gasteiger partial charge < -0.3 is 19.7 Å². The highest BCUT2D eigenvalue weighted by molar-refractivity contribution is 4.76. The molecule has 66 valence electrons. The Labute approximate surface area is 65.7 Å². The summed E-state index contributed by atoms with van der Waals surface area (Å²) in [5.74, 6) is 0. The lowest BCUT2D eigenvalue weighted by Crippen LogP contribution is -2.24. The third-order valence-electron chi connectivity index (χ3n) is 1.72. The normalized spacial score (nSPS) is 37.9. The van der Waals surface area contributed by atoms with Crippen molar-refractivity contribution >= 4 is 0 Å². The molecule has 0 aromatic heterocycles. The van der Waals surface area contributed by atoms with Crippen molar-refractivity contribution in [2.75, 3.05) is 13.2 Å². The Morgan fingerprint density at radius 2 is 2.36 bits per heavy atom. The molecule has 0 saturated carbocycles. The molecule has 1 heterocycles. The van der Waals surface area contributed by atoms with Crippen LogP contribution in [0.2, 0.25) is 0 Å². The summed E-state index contributed by atoms with van der Waals surface area (Å²) in [7, 11) is 0. The molecular weight excluding hydrogens is 148 g/mol. The molecule has 1 saturated heterocycles. The van der Waals surface area contributed by atoms with Crippen LogP contribution in [0.4, 0.5) is 0 Å². The first-order valence-electron chi connectivity index (χ1n) is 3.84. The van der Waals surface area contributed by atoms with Gasteiger partial charge in [0.15, 0.2) is 6.29 Å². The van der Waals surface area contributed by atoms with Crippen LogP contribution in [-0.2, 0) is 9.47 Å². The van der Waals surface area contributed by atoms with E-state index in [1.165, 1.54) is 0 Å². The first-order chi connectivity index (χ1) is 5.27. The summed E-state index contributed by atoms with van der Waals surface area (Å²) in [5.41, 5.74) is 0. The number of hydrogen-bond acceptors (Lipinski definition) is 4. The van der Waals surface area contributed by atoms with Crippen LogP contribution < -0.4 is 0 Å². The number of aliphatic hydroxyl groups is 2. The average molecular weight is 162 g/mol. The van der Waals surface area contributed by atoms with E-state index in [1.54, 1.807) is 0 Å². The second-order valence-corrected chi connectivity index (χ2v) is 2.55. The highest BCUT2D eigenvalue weighted by Gasteiger charge is 2.33. The molecule has 1 aliphatic rings.